The smallest absolute Gasteiger partial charge is 0.109 e. The zero-order chi connectivity index (χ0) is 17.0. The number of hydrogen-bond acceptors (Lipinski definition) is 3. The molecule has 3 heteroatoms. The van der Waals surface area contributed by atoms with Crippen molar-refractivity contribution >= 4 is 0 Å². The van der Waals surface area contributed by atoms with Gasteiger partial charge in [0.25, 0.3) is 0 Å². The summed E-state index contributed by atoms with van der Waals surface area (Å²) in [4.78, 5) is 2.68. The summed E-state index contributed by atoms with van der Waals surface area (Å²) in [6.45, 7) is 6.36. The standard InChI is InChI=1S/C21H31N3/c1-17(2)23-21(16-22)12-14-24(15-13-21)20-11-7-6-10-19(20)18-8-4-3-5-9-18/h3-5,8-9,17,19-20,23H,6-7,10-15H2,1-2H3. The lowest BCUT2D eigenvalue weighted by molar-refractivity contribution is 0.0829. The third-order valence-electron chi connectivity index (χ3n) is 5.86. The zero-order valence-electron chi connectivity index (χ0n) is 15.2. The van der Waals surface area contributed by atoms with Crippen LogP contribution >= 0.6 is 0 Å². The average Bonchev–Trinajstić information content (AvgIpc) is 2.62. The number of likely N-dealkylation sites (tertiary alicyclic amines) is 1. The van der Waals surface area contributed by atoms with Gasteiger partial charge >= 0.3 is 0 Å². The van der Waals surface area contributed by atoms with Crippen molar-refractivity contribution in [3.8, 4) is 6.07 Å². The number of piperidine rings is 1. The molecule has 0 bridgehead atoms. The van der Waals surface area contributed by atoms with E-state index in [2.05, 4.69) is 60.5 Å². The lowest BCUT2D eigenvalue weighted by Crippen LogP contribution is -2.57. The molecule has 1 aliphatic heterocycles. The van der Waals surface area contributed by atoms with Crippen LogP contribution in [0, 0.1) is 11.3 Å². The van der Waals surface area contributed by atoms with E-state index in [4.69, 9.17) is 0 Å². The predicted molar refractivity (Wildman–Crippen MR) is 98.9 cm³/mol. The van der Waals surface area contributed by atoms with Gasteiger partial charge in [-0.3, -0.25) is 10.2 Å². The first-order chi connectivity index (χ1) is 11.6. The predicted octanol–water partition coefficient (Wildman–Crippen LogP) is 4.07. The molecule has 1 aromatic rings. The fraction of sp³-hybridized carbons (Fsp3) is 0.667. The van der Waals surface area contributed by atoms with Crippen LogP contribution in [0.15, 0.2) is 30.3 Å². The molecule has 1 N–H and O–H groups in total. The minimum absolute atomic E-state index is 0.318. The molecular weight excluding hydrogens is 294 g/mol. The second-order valence-electron chi connectivity index (χ2n) is 7.90. The topological polar surface area (TPSA) is 39.1 Å². The Bertz CT molecular complexity index is 552. The molecule has 2 atom stereocenters. The molecule has 0 spiro atoms. The third-order valence-corrected chi connectivity index (χ3v) is 5.86. The van der Waals surface area contributed by atoms with Crippen LogP contribution in [-0.4, -0.2) is 35.6 Å². The van der Waals surface area contributed by atoms with Crippen LogP contribution in [0.3, 0.4) is 0 Å². The van der Waals surface area contributed by atoms with Crippen LogP contribution < -0.4 is 5.32 Å². The highest BCUT2D eigenvalue weighted by atomic mass is 15.2. The van der Waals surface area contributed by atoms with Gasteiger partial charge in [-0.1, -0.05) is 43.2 Å². The number of nitrogens with one attached hydrogen (secondary N) is 1. The molecule has 1 aliphatic carbocycles. The van der Waals surface area contributed by atoms with Crippen LogP contribution in [0.1, 0.15) is 63.9 Å². The van der Waals surface area contributed by atoms with E-state index >= 15 is 0 Å². The summed E-state index contributed by atoms with van der Waals surface area (Å²) in [5.74, 6) is 0.660. The molecule has 1 heterocycles. The van der Waals surface area contributed by atoms with Crippen molar-refractivity contribution in [1.82, 2.24) is 10.2 Å². The van der Waals surface area contributed by atoms with Crippen molar-refractivity contribution in [3.63, 3.8) is 0 Å². The van der Waals surface area contributed by atoms with E-state index in [1.807, 2.05) is 0 Å². The van der Waals surface area contributed by atoms with Crippen molar-refractivity contribution in [3.05, 3.63) is 35.9 Å². The summed E-state index contributed by atoms with van der Waals surface area (Å²) in [6.07, 6.45) is 7.19. The van der Waals surface area contributed by atoms with E-state index in [0.717, 1.165) is 25.9 Å². The van der Waals surface area contributed by atoms with Crippen LogP contribution in [0.4, 0.5) is 0 Å². The Hall–Kier alpha value is -1.37. The minimum atomic E-state index is -0.318. The fourth-order valence-corrected chi connectivity index (χ4v) is 4.72. The average molecular weight is 326 g/mol. The molecule has 1 saturated carbocycles. The molecule has 0 aromatic heterocycles. The van der Waals surface area contributed by atoms with Crippen LogP contribution in [0.25, 0.3) is 0 Å². The quantitative estimate of drug-likeness (QED) is 0.907. The van der Waals surface area contributed by atoms with Gasteiger partial charge < -0.3 is 0 Å². The van der Waals surface area contributed by atoms with Gasteiger partial charge in [0, 0.05) is 25.2 Å². The van der Waals surface area contributed by atoms with Gasteiger partial charge in [-0.05, 0) is 51.0 Å². The highest BCUT2D eigenvalue weighted by molar-refractivity contribution is 5.22. The molecule has 1 aromatic carbocycles. The minimum Gasteiger partial charge on any atom is -0.300 e. The van der Waals surface area contributed by atoms with E-state index in [9.17, 15) is 5.26 Å². The Morgan fingerprint density at radius 3 is 2.42 bits per heavy atom. The first-order valence-electron chi connectivity index (χ1n) is 9.61. The van der Waals surface area contributed by atoms with Crippen molar-refractivity contribution in [2.24, 2.45) is 0 Å². The van der Waals surface area contributed by atoms with E-state index in [1.54, 1.807) is 0 Å². The maximum absolute atomic E-state index is 9.69. The molecule has 2 fully saturated rings. The van der Waals surface area contributed by atoms with Gasteiger partial charge in [0.1, 0.15) is 5.54 Å². The Balaban J connectivity index is 1.69. The van der Waals surface area contributed by atoms with Gasteiger partial charge in [0.2, 0.25) is 0 Å². The molecule has 24 heavy (non-hydrogen) atoms. The largest absolute Gasteiger partial charge is 0.300 e. The molecule has 2 aliphatic rings. The molecule has 3 rings (SSSR count). The Morgan fingerprint density at radius 1 is 1.12 bits per heavy atom. The molecule has 2 unspecified atom stereocenters. The van der Waals surface area contributed by atoms with Crippen molar-refractivity contribution < 1.29 is 0 Å². The summed E-state index contributed by atoms with van der Waals surface area (Å²) in [5.41, 5.74) is 1.18. The summed E-state index contributed by atoms with van der Waals surface area (Å²) in [7, 11) is 0. The molecule has 130 valence electrons. The summed E-state index contributed by atoms with van der Waals surface area (Å²) < 4.78 is 0. The summed E-state index contributed by atoms with van der Waals surface area (Å²) in [6, 6.07) is 14.6. The maximum atomic E-state index is 9.69. The van der Waals surface area contributed by atoms with E-state index in [0.29, 0.717) is 18.0 Å². The second-order valence-corrected chi connectivity index (χ2v) is 7.90. The normalized spacial score (nSPS) is 27.8. The van der Waals surface area contributed by atoms with Gasteiger partial charge in [0.15, 0.2) is 0 Å². The molecular formula is C21H31N3. The Labute approximate surface area is 147 Å². The van der Waals surface area contributed by atoms with Gasteiger partial charge in [-0.15, -0.1) is 0 Å². The first-order valence-corrected chi connectivity index (χ1v) is 9.61. The lowest BCUT2D eigenvalue weighted by atomic mass is 9.77. The van der Waals surface area contributed by atoms with Crippen LogP contribution in [0.2, 0.25) is 0 Å². The molecule has 0 amide bonds. The first kappa shape index (κ1) is 17.5. The number of rotatable bonds is 4. The Kier molecular flexibility index (Phi) is 5.58. The number of benzene rings is 1. The van der Waals surface area contributed by atoms with Gasteiger partial charge in [-0.25, -0.2) is 0 Å². The monoisotopic (exact) mass is 325 g/mol. The number of nitriles is 1. The van der Waals surface area contributed by atoms with Crippen LogP contribution in [-0.2, 0) is 0 Å². The number of nitrogens with zero attached hydrogens (tertiary/aromatic N) is 2. The van der Waals surface area contributed by atoms with Gasteiger partial charge in [-0.2, -0.15) is 5.26 Å². The summed E-state index contributed by atoms with van der Waals surface area (Å²) >= 11 is 0. The lowest BCUT2D eigenvalue weighted by Gasteiger charge is -2.46. The van der Waals surface area contributed by atoms with E-state index in [1.165, 1.54) is 31.2 Å². The van der Waals surface area contributed by atoms with Crippen molar-refractivity contribution in [2.75, 3.05) is 13.1 Å². The second kappa shape index (κ2) is 7.68. The molecule has 0 radical (unpaired) electrons. The molecule has 3 nitrogen and oxygen atoms in total. The van der Waals surface area contributed by atoms with Gasteiger partial charge in [0.05, 0.1) is 6.07 Å². The van der Waals surface area contributed by atoms with Crippen LogP contribution in [0.5, 0.6) is 0 Å². The Morgan fingerprint density at radius 2 is 1.79 bits per heavy atom. The maximum Gasteiger partial charge on any atom is 0.109 e. The molecule has 1 saturated heterocycles. The highest BCUT2D eigenvalue weighted by Crippen LogP contribution is 2.38. The van der Waals surface area contributed by atoms with E-state index in [-0.39, 0.29) is 5.54 Å². The van der Waals surface area contributed by atoms with E-state index < -0.39 is 0 Å². The number of hydrogen-bond donors (Lipinski definition) is 1. The fourth-order valence-electron chi connectivity index (χ4n) is 4.72. The SMILES string of the molecule is CC(C)NC1(C#N)CCN(C2CCCCC2c2ccccc2)CC1. The van der Waals surface area contributed by atoms with Crippen molar-refractivity contribution in [2.45, 2.75) is 75.9 Å². The highest BCUT2D eigenvalue weighted by Gasteiger charge is 2.39. The third kappa shape index (κ3) is 3.82. The summed E-state index contributed by atoms with van der Waals surface area (Å²) in [5, 5.41) is 13.2. The van der Waals surface area contributed by atoms with Crippen molar-refractivity contribution in [1.29, 1.82) is 5.26 Å². The zero-order valence-corrected chi connectivity index (χ0v) is 15.2.